The lowest BCUT2D eigenvalue weighted by Gasteiger charge is -2.34. The lowest BCUT2D eigenvalue weighted by molar-refractivity contribution is 0.225. The summed E-state index contributed by atoms with van der Waals surface area (Å²) in [5.41, 5.74) is 5.93. The van der Waals surface area contributed by atoms with Gasteiger partial charge in [-0.3, -0.25) is 0 Å². The summed E-state index contributed by atoms with van der Waals surface area (Å²) in [6.07, 6.45) is 16.3. The molecule has 0 spiro atoms. The van der Waals surface area contributed by atoms with Crippen molar-refractivity contribution in [2.75, 3.05) is 0 Å². The fraction of sp³-hybridized carbons (Fsp3) is 0.406. The normalized spacial score (nSPS) is 14.9. The van der Waals surface area contributed by atoms with Gasteiger partial charge in [-0.05, 0) is 75.0 Å². The number of benzene rings is 1. The van der Waals surface area contributed by atoms with Crippen molar-refractivity contribution >= 4 is 5.57 Å². The summed E-state index contributed by atoms with van der Waals surface area (Å²) in [5.74, 6) is 0. The summed E-state index contributed by atoms with van der Waals surface area (Å²) >= 11 is 0. The van der Waals surface area contributed by atoms with Crippen molar-refractivity contribution in [3.63, 3.8) is 0 Å². The second-order valence-electron chi connectivity index (χ2n) is 9.42. The topological polar surface area (TPSA) is 0 Å². The first kappa shape index (κ1) is 31.9. The Morgan fingerprint density at radius 1 is 0.906 bits per heavy atom. The SMILES string of the molecule is C#C.CC.[CH2]C(C)(C)C([CH2])(C)C.[CH]=C([CH2])C1(c2ccc(/C(C)=C/C=C(/C)C=C)cc2)CC1. The predicted molar refractivity (Wildman–Crippen MR) is 148 cm³/mol. The highest BCUT2D eigenvalue weighted by Gasteiger charge is 2.44. The number of allylic oxidation sites excluding steroid dienone is 6. The van der Waals surface area contributed by atoms with Crippen LogP contribution in [0.15, 0.2) is 60.2 Å². The zero-order chi connectivity index (χ0) is 25.8. The van der Waals surface area contributed by atoms with Crippen molar-refractivity contribution in [1.29, 1.82) is 0 Å². The van der Waals surface area contributed by atoms with Gasteiger partial charge in [0.05, 0.1) is 0 Å². The summed E-state index contributed by atoms with van der Waals surface area (Å²) < 4.78 is 0. The molecule has 0 heteroatoms. The molecule has 0 unspecified atom stereocenters. The molecule has 1 fully saturated rings. The van der Waals surface area contributed by atoms with Gasteiger partial charge in [0.1, 0.15) is 0 Å². The Morgan fingerprint density at radius 3 is 1.59 bits per heavy atom. The first-order valence-electron chi connectivity index (χ1n) is 11.3. The number of hydrogen-bond acceptors (Lipinski definition) is 0. The van der Waals surface area contributed by atoms with Gasteiger partial charge in [0.2, 0.25) is 0 Å². The highest BCUT2D eigenvalue weighted by atomic mass is 14.5. The molecule has 0 aromatic heterocycles. The van der Waals surface area contributed by atoms with E-state index in [-0.39, 0.29) is 16.2 Å². The molecule has 2 rings (SSSR count). The van der Waals surface area contributed by atoms with Crippen LogP contribution in [-0.4, -0.2) is 0 Å². The van der Waals surface area contributed by atoms with Crippen LogP contribution in [0.2, 0.25) is 0 Å². The molecule has 1 aromatic rings. The van der Waals surface area contributed by atoms with Gasteiger partial charge in [0.15, 0.2) is 0 Å². The third-order valence-electron chi connectivity index (χ3n) is 6.01. The molecule has 1 aliphatic carbocycles. The van der Waals surface area contributed by atoms with Gasteiger partial charge in [0, 0.05) is 5.41 Å². The molecule has 32 heavy (non-hydrogen) atoms. The number of hydrogen-bond donors (Lipinski definition) is 0. The lowest BCUT2D eigenvalue weighted by atomic mass is 9.71. The molecule has 0 heterocycles. The van der Waals surface area contributed by atoms with E-state index in [0.29, 0.717) is 0 Å². The van der Waals surface area contributed by atoms with Crippen molar-refractivity contribution in [3.05, 3.63) is 98.7 Å². The Balaban J connectivity index is 0. The van der Waals surface area contributed by atoms with E-state index in [4.69, 9.17) is 6.58 Å². The Labute approximate surface area is 201 Å². The number of rotatable bonds is 6. The Morgan fingerprint density at radius 2 is 1.31 bits per heavy atom. The summed E-state index contributed by atoms with van der Waals surface area (Å²) in [7, 11) is 0. The van der Waals surface area contributed by atoms with Crippen molar-refractivity contribution in [2.24, 2.45) is 10.8 Å². The van der Waals surface area contributed by atoms with Gasteiger partial charge in [0.25, 0.3) is 0 Å². The van der Waals surface area contributed by atoms with Crippen molar-refractivity contribution in [2.45, 2.75) is 73.6 Å². The van der Waals surface area contributed by atoms with E-state index in [2.05, 4.69) is 111 Å². The Bertz CT molecular complexity index is 761. The Hall–Kier alpha value is -2.26. The minimum Gasteiger partial charge on any atom is -0.124 e. The van der Waals surface area contributed by atoms with E-state index in [1.807, 2.05) is 26.8 Å². The molecule has 0 nitrogen and oxygen atoms in total. The molecule has 0 saturated heterocycles. The fourth-order valence-corrected chi connectivity index (χ4v) is 2.39. The van der Waals surface area contributed by atoms with Gasteiger partial charge in [-0.25, -0.2) is 0 Å². The maximum atomic E-state index is 5.94. The fourth-order valence-electron chi connectivity index (χ4n) is 2.39. The predicted octanol–water partition coefficient (Wildman–Crippen LogP) is 9.43. The van der Waals surface area contributed by atoms with E-state index < -0.39 is 0 Å². The van der Waals surface area contributed by atoms with Crippen LogP contribution >= 0.6 is 0 Å². The Kier molecular flexibility index (Phi) is 14.0. The molecular formula is C32H46. The molecule has 1 aromatic carbocycles. The standard InChI is InChI=1S/C20H22.C8H16.C2H6.C2H2/c1-6-16(4)7-8-17(5)18-9-11-19(12-10-18)20(13-14-20)15(2)3;1-7(2,3)8(4,5)6;2*1-2/h2,6-12H,1,3,13-14H2,4-5H3;1,4H2,2-3,5-6H3;1-2H3;1-2H/b15-2?,16-7-,17-8+;;;. The van der Waals surface area contributed by atoms with Crippen LogP contribution in [0.1, 0.15) is 79.4 Å². The summed E-state index contributed by atoms with van der Waals surface area (Å²) in [6.45, 7) is 38.1. The molecule has 0 amide bonds. The van der Waals surface area contributed by atoms with Gasteiger partial charge in [-0.1, -0.05) is 108 Å². The monoisotopic (exact) mass is 430 g/mol. The molecule has 0 N–H and O–H groups in total. The molecule has 174 valence electrons. The van der Waals surface area contributed by atoms with Crippen molar-refractivity contribution in [1.82, 2.24) is 0 Å². The van der Waals surface area contributed by atoms with Crippen LogP contribution in [0.3, 0.4) is 0 Å². The summed E-state index contributed by atoms with van der Waals surface area (Å²) in [4.78, 5) is 0. The van der Waals surface area contributed by atoms with Gasteiger partial charge < -0.3 is 0 Å². The van der Waals surface area contributed by atoms with Crippen molar-refractivity contribution in [3.8, 4) is 12.8 Å². The van der Waals surface area contributed by atoms with Gasteiger partial charge in [-0.2, -0.15) is 0 Å². The zero-order valence-corrected chi connectivity index (χ0v) is 22.0. The molecule has 1 aliphatic rings. The average molecular weight is 431 g/mol. The molecule has 0 bridgehead atoms. The van der Waals surface area contributed by atoms with E-state index in [1.54, 1.807) is 0 Å². The maximum Gasteiger partial charge on any atom is 0.0166 e. The van der Waals surface area contributed by atoms with Crippen LogP contribution in [0.25, 0.3) is 5.57 Å². The van der Waals surface area contributed by atoms with Crippen LogP contribution in [0.4, 0.5) is 0 Å². The van der Waals surface area contributed by atoms with Crippen molar-refractivity contribution < 1.29 is 0 Å². The highest BCUT2D eigenvalue weighted by molar-refractivity contribution is 5.66. The third-order valence-corrected chi connectivity index (χ3v) is 6.01. The van der Waals surface area contributed by atoms with E-state index in [9.17, 15) is 0 Å². The minimum atomic E-state index is 0.0511. The molecular weight excluding hydrogens is 384 g/mol. The van der Waals surface area contributed by atoms with Crippen LogP contribution < -0.4 is 0 Å². The molecule has 0 atom stereocenters. The smallest absolute Gasteiger partial charge is 0.0166 e. The second kappa shape index (κ2) is 14.0. The lowest BCUT2D eigenvalue weighted by Crippen LogP contribution is -2.26. The van der Waals surface area contributed by atoms with E-state index in [1.165, 1.54) is 16.7 Å². The van der Waals surface area contributed by atoms with E-state index in [0.717, 1.165) is 24.0 Å². The zero-order valence-electron chi connectivity index (χ0n) is 22.0. The first-order chi connectivity index (χ1) is 14.7. The van der Waals surface area contributed by atoms with E-state index >= 15 is 0 Å². The van der Waals surface area contributed by atoms with Crippen LogP contribution in [-0.2, 0) is 5.41 Å². The minimum absolute atomic E-state index is 0.0511. The first-order valence-corrected chi connectivity index (χ1v) is 11.3. The summed E-state index contributed by atoms with van der Waals surface area (Å²) in [5, 5.41) is 0. The average Bonchev–Trinajstić information content (AvgIpc) is 3.56. The largest absolute Gasteiger partial charge is 0.124 e. The number of terminal acetylenes is 1. The third kappa shape index (κ3) is 9.91. The van der Waals surface area contributed by atoms with Gasteiger partial charge in [-0.15, -0.1) is 12.8 Å². The molecule has 4 radical (unpaired) electrons. The second-order valence-corrected chi connectivity index (χ2v) is 9.42. The quantitative estimate of drug-likeness (QED) is 0.311. The van der Waals surface area contributed by atoms with Crippen LogP contribution in [0, 0.1) is 51.0 Å². The molecule has 1 saturated carbocycles. The maximum absolute atomic E-state index is 5.94. The highest BCUT2D eigenvalue weighted by Crippen LogP contribution is 2.52. The molecule has 0 aliphatic heterocycles. The van der Waals surface area contributed by atoms with Gasteiger partial charge >= 0.3 is 0 Å². The van der Waals surface area contributed by atoms with Crippen LogP contribution in [0.5, 0.6) is 0 Å². The summed E-state index contributed by atoms with van der Waals surface area (Å²) in [6, 6.07) is 8.70.